The molecule has 1 fully saturated rings. The van der Waals surface area contributed by atoms with Crippen LogP contribution in [-0.4, -0.2) is 18.2 Å². The van der Waals surface area contributed by atoms with E-state index in [9.17, 15) is 8.78 Å². The number of halogens is 2. The molecular weight excluding hydrogens is 260 g/mol. The maximum Gasteiger partial charge on any atom is 0.149 e. The highest BCUT2D eigenvalue weighted by atomic mass is 19.1. The molecule has 0 saturated heterocycles. The third-order valence-electron chi connectivity index (χ3n) is 4.55. The Morgan fingerprint density at radius 2 is 1.70 bits per heavy atom. The number of aliphatic hydroxyl groups is 1. The zero-order chi connectivity index (χ0) is 14.7. The molecular formula is C16H23F2NO. The highest BCUT2D eigenvalue weighted by molar-refractivity contribution is 5.51. The van der Waals surface area contributed by atoms with E-state index >= 15 is 0 Å². The molecule has 4 heteroatoms. The predicted molar refractivity (Wildman–Crippen MR) is 76.7 cm³/mol. The van der Waals surface area contributed by atoms with Gasteiger partial charge >= 0.3 is 0 Å². The Morgan fingerprint density at radius 1 is 1.15 bits per heavy atom. The van der Waals surface area contributed by atoms with Gasteiger partial charge in [0, 0.05) is 13.1 Å². The molecule has 0 aliphatic heterocycles. The SMILES string of the molecule is CCC1CCC(N(C)c2c(F)cc(CO)cc2F)CC1. The number of aliphatic hydroxyl groups excluding tert-OH is 1. The summed E-state index contributed by atoms with van der Waals surface area (Å²) in [6.45, 7) is 1.85. The minimum absolute atomic E-state index is 0.0298. The van der Waals surface area contributed by atoms with Crippen LogP contribution in [0, 0.1) is 17.6 Å². The molecule has 1 N–H and O–H groups in total. The molecule has 0 radical (unpaired) electrons. The lowest BCUT2D eigenvalue weighted by atomic mass is 9.84. The molecule has 0 atom stereocenters. The standard InChI is InChI=1S/C16H23F2NO/c1-3-11-4-6-13(7-5-11)19(2)16-14(17)8-12(10-20)9-15(16)18/h8-9,11,13,20H,3-7,10H2,1-2H3. The van der Waals surface area contributed by atoms with Crippen LogP contribution in [0.5, 0.6) is 0 Å². The van der Waals surface area contributed by atoms with Crippen molar-refractivity contribution in [2.45, 2.75) is 51.7 Å². The number of hydrogen-bond acceptors (Lipinski definition) is 2. The minimum Gasteiger partial charge on any atom is -0.392 e. The fourth-order valence-electron chi connectivity index (χ4n) is 3.17. The van der Waals surface area contributed by atoms with Gasteiger partial charge in [-0.15, -0.1) is 0 Å². The summed E-state index contributed by atoms with van der Waals surface area (Å²) in [5, 5.41) is 8.97. The second kappa shape index (κ2) is 6.53. The van der Waals surface area contributed by atoms with Crippen molar-refractivity contribution in [3.05, 3.63) is 29.3 Å². The molecule has 1 aliphatic rings. The average Bonchev–Trinajstić information content (AvgIpc) is 2.46. The third-order valence-corrected chi connectivity index (χ3v) is 4.55. The molecule has 0 aromatic heterocycles. The smallest absolute Gasteiger partial charge is 0.149 e. The van der Waals surface area contributed by atoms with E-state index in [0.29, 0.717) is 0 Å². The molecule has 0 spiro atoms. The molecule has 112 valence electrons. The maximum absolute atomic E-state index is 14.1. The van der Waals surface area contributed by atoms with E-state index in [4.69, 9.17) is 5.11 Å². The molecule has 20 heavy (non-hydrogen) atoms. The van der Waals surface area contributed by atoms with Crippen LogP contribution in [0.15, 0.2) is 12.1 Å². The second-order valence-electron chi connectivity index (χ2n) is 5.76. The zero-order valence-electron chi connectivity index (χ0n) is 12.2. The number of rotatable bonds is 4. The Kier molecular flexibility index (Phi) is 4.97. The molecule has 1 aromatic rings. The fraction of sp³-hybridized carbons (Fsp3) is 0.625. The summed E-state index contributed by atoms with van der Waals surface area (Å²) >= 11 is 0. The van der Waals surface area contributed by atoms with Crippen LogP contribution >= 0.6 is 0 Å². The van der Waals surface area contributed by atoms with Gasteiger partial charge in [0.15, 0.2) is 0 Å². The van der Waals surface area contributed by atoms with Gasteiger partial charge in [-0.25, -0.2) is 8.78 Å². The summed E-state index contributed by atoms with van der Waals surface area (Å²) in [4.78, 5) is 1.73. The molecule has 2 rings (SSSR count). The number of nitrogens with zero attached hydrogens (tertiary/aromatic N) is 1. The van der Waals surface area contributed by atoms with Crippen molar-refractivity contribution < 1.29 is 13.9 Å². The van der Waals surface area contributed by atoms with E-state index in [1.165, 1.54) is 18.6 Å². The molecule has 0 amide bonds. The lowest BCUT2D eigenvalue weighted by Crippen LogP contribution is -2.36. The molecule has 1 saturated carbocycles. The summed E-state index contributed by atoms with van der Waals surface area (Å²) in [6.07, 6.45) is 5.41. The van der Waals surface area contributed by atoms with Gasteiger partial charge in [0.2, 0.25) is 0 Å². The molecule has 1 aromatic carbocycles. The Balaban J connectivity index is 2.15. The maximum atomic E-state index is 14.1. The van der Waals surface area contributed by atoms with Crippen molar-refractivity contribution in [2.75, 3.05) is 11.9 Å². The Bertz CT molecular complexity index is 433. The van der Waals surface area contributed by atoms with Gasteiger partial charge in [0.05, 0.1) is 6.61 Å². The zero-order valence-corrected chi connectivity index (χ0v) is 12.2. The average molecular weight is 283 g/mol. The van der Waals surface area contributed by atoms with Gasteiger partial charge in [-0.1, -0.05) is 13.3 Å². The lowest BCUT2D eigenvalue weighted by Gasteiger charge is -2.36. The predicted octanol–water partition coefficient (Wildman–Crippen LogP) is 3.86. The van der Waals surface area contributed by atoms with E-state index < -0.39 is 11.6 Å². The lowest BCUT2D eigenvalue weighted by molar-refractivity contribution is 0.280. The second-order valence-corrected chi connectivity index (χ2v) is 5.76. The van der Waals surface area contributed by atoms with Crippen LogP contribution in [0.4, 0.5) is 14.5 Å². The van der Waals surface area contributed by atoms with Gasteiger partial charge in [0.25, 0.3) is 0 Å². The summed E-state index contributed by atoms with van der Waals surface area (Å²) in [7, 11) is 1.76. The van der Waals surface area contributed by atoms with E-state index in [0.717, 1.165) is 31.6 Å². The summed E-state index contributed by atoms with van der Waals surface area (Å²) in [5.74, 6) is -0.422. The molecule has 0 unspecified atom stereocenters. The highest BCUT2D eigenvalue weighted by Crippen LogP contribution is 2.33. The van der Waals surface area contributed by atoms with E-state index in [-0.39, 0.29) is 23.9 Å². The van der Waals surface area contributed by atoms with Crippen LogP contribution in [0.1, 0.15) is 44.6 Å². The largest absolute Gasteiger partial charge is 0.392 e. The number of benzene rings is 1. The Morgan fingerprint density at radius 3 is 2.15 bits per heavy atom. The van der Waals surface area contributed by atoms with Gasteiger partial charge in [-0.2, -0.15) is 0 Å². The van der Waals surface area contributed by atoms with Gasteiger partial charge in [-0.05, 0) is 49.3 Å². The molecule has 2 nitrogen and oxygen atoms in total. The summed E-state index contributed by atoms with van der Waals surface area (Å²) in [5.41, 5.74) is 0.300. The first-order valence-corrected chi connectivity index (χ1v) is 7.38. The van der Waals surface area contributed by atoms with Crippen molar-refractivity contribution in [3.63, 3.8) is 0 Å². The first-order valence-electron chi connectivity index (χ1n) is 7.38. The first-order chi connectivity index (χ1) is 9.56. The normalized spacial score (nSPS) is 22.9. The van der Waals surface area contributed by atoms with Crippen LogP contribution in [0.3, 0.4) is 0 Å². The van der Waals surface area contributed by atoms with E-state index in [2.05, 4.69) is 6.92 Å². The molecule has 1 aliphatic carbocycles. The van der Waals surface area contributed by atoms with Crippen LogP contribution < -0.4 is 4.90 Å². The van der Waals surface area contributed by atoms with Crippen LogP contribution in [0.25, 0.3) is 0 Å². The van der Waals surface area contributed by atoms with E-state index in [1.807, 2.05) is 0 Å². The number of anilines is 1. The van der Waals surface area contributed by atoms with Crippen LogP contribution in [-0.2, 0) is 6.61 Å². The van der Waals surface area contributed by atoms with Crippen molar-refractivity contribution in [3.8, 4) is 0 Å². The quantitative estimate of drug-likeness (QED) is 0.907. The highest BCUT2D eigenvalue weighted by Gasteiger charge is 2.26. The van der Waals surface area contributed by atoms with Gasteiger partial charge in [-0.3, -0.25) is 0 Å². The van der Waals surface area contributed by atoms with Crippen molar-refractivity contribution in [1.29, 1.82) is 0 Å². The van der Waals surface area contributed by atoms with Crippen molar-refractivity contribution >= 4 is 5.69 Å². The monoisotopic (exact) mass is 283 g/mol. The fourth-order valence-corrected chi connectivity index (χ4v) is 3.17. The third kappa shape index (κ3) is 3.11. The van der Waals surface area contributed by atoms with Gasteiger partial charge in [0.1, 0.15) is 17.3 Å². The van der Waals surface area contributed by atoms with E-state index in [1.54, 1.807) is 11.9 Å². The topological polar surface area (TPSA) is 23.5 Å². The summed E-state index contributed by atoms with van der Waals surface area (Å²) in [6, 6.07) is 2.63. The van der Waals surface area contributed by atoms with Crippen molar-refractivity contribution in [2.24, 2.45) is 5.92 Å². The molecule has 0 bridgehead atoms. The van der Waals surface area contributed by atoms with Crippen LogP contribution in [0.2, 0.25) is 0 Å². The first kappa shape index (κ1) is 15.2. The summed E-state index contributed by atoms with van der Waals surface area (Å²) < 4.78 is 28.1. The van der Waals surface area contributed by atoms with Gasteiger partial charge < -0.3 is 10.0 Å². The number of hydrogen-bond donors (Lipinski definition) is 1. The Hall–Kier alpha value is -1.16. The van der Waals surface area contributed by atoms with Crippen molar-refractivity contribution in [1.82, 2.24) is 0 Å². The molecule has 0 heterocycles. The Labute approximate surface area is 119 Å². The minimum atomic E-state index is -0.589.